The summed E-state index contributed by atoms with van der Waals surface area (Å²) in [6.07, 6.45) is 0. The lowest BCUT2D eigenvalue weighted by atomic mass is 10.2. The molecule has 0 heterocycles. The Morgan fingerprint density at radius 2 is 1.52 bits per heavy atom. The number of hydrogen-bond donors (Lipinski definition) is 2. The lowest BCUT2D eigenvalue weighted by Gasteiger charge is -2.14. The van der Waals surface area contributed by atoms with Crippen molar-refractivity contribution in [2.45, 2.75) is 17.1 Å². The molecule has 2 amide bonds. The highest BCUT2D eigenvalue weighted by atomic mass is 35.5. The maximum Gasteiger partial charge on any atom is 0.257 e. The zero-order valence-corrected chi connectivity index (χ0v) is 19.9. The van der Waals surface area contributed by atoms with Crippen molar-refractivity contribution in [3.05, 3.63) is 86.3 Å². The SMILES string of the molecule is CC(Sc1cccc(NC(=O)c2ccc(Cl)cc2Cl)c1)C(=O)Nc1ccc(Cl)cc1Cl. The van der Waals surface area contributed by atoms with E-state index < -0.39 is 5.25 Å². The molecule has 0 saturated carbocycles. The fourth-order valence-corrected chi connectivity index (χ4v) is 4.48. The summed E-state index contributed by atoms with van der Waals surface area (Å²) in [5.41, 5.74) is 1.38. The Kier molecular flexibility index (Phi) is 8.14. The number of thioether (sulfide) groups is 1. The van der Waals surface area contributed by atoms with Crippen LogP contribution in [0.2, 0.25) is 20.1 Å². The molecule has 0 aliphatic heterocycles. The summed E-state index contributed by atoms with van der Waals surface area (Å²) < 4.78 is 0. The number of anilines is 2. The molecule has 31 heavy (non-hydrogen) atoms. The largest absolute Gasteiger partial charge is 0.324 e. The van der Waals surface area contributed by atoms with Gasteiger partial charge in [0.25, 0.3) is 5.91 Å². The fourth-order valence-electron chi connectivity index (χ4n) is 2.60. The van der Waals surface area contributed by atoms with E-state index in [1.54, 1.807) is 55.5 Å². The first-order valence-electron chi connectivity index (χ1n) is 9.02. The second-order valence-electron chi connectivity index (χ2n) is 6.48. The Morgan fingerprint density at radius 1 is 0.839 bits per heavy atom. The Morgan fingerprint density at radius 3 is 2.19 bits per heavy atom. The van der Waals surface area contributed by atoms with Crippen LogP contribution in [0.4, 0.5) is 11.4 Å². The Balaban J connectivity index is 1.65. The predicted molar refractivity (Wildman–Crippen MR) is 131 cm³/mol. The minimum atomic E-state index is -0.414. The van der Waals surface area contributed by atoms with Crippen LogP contribution in [0.15, 0.2) is 65.6 Å². The third kappa shape index (κ3) is 6.55. The number of carbonyl (C=O) groups is 2. The number of amides is 2. The smallest absolute Gasteiger partial charge is 0.257 e. The molecule has 0 aliphatic carbocycles. The van der Waals surface area contributed by atoms with Crippen LogP contribution in [0.25, 0.3) is 0 Å². The quantitative estimate of drug-likeness (QED) is 0.332. The summed E-state index contributed by atoms with van der Waals surface area (Å²) in [5.74, 6) is -0.566. The van der Waals surface area contributed by atoms with Crippen molar-refractivity contribution in [2.24, 2.45) is 0 Å². The van der Waals surface area contributed by atoms with Crippen LogP contribution in [0.1, 0.15) is 17.3 Å². The number of hydrogen-bond acceptors (Lipinski definition) is 3. The van der Waals surface area contributed by atoms with Gasteiger partial charge in [0.05, 0.1) is 26.5 Å². The Labute approximate surface area is 204 Å². The number of rotatable bonds is 6. The van der Waals surface area contributed by atoms with Gasteiger partial charge in [-0.15, -0.1) is 11.8 Å². The van der Waals surface area contributed by atoms with E-state index in [1.165, 1.54) is 17.8 Å². The average molecular weight is 514 g/mol. The molecule has 0 bridgehead atoms. The molecule has 4 nitrogen and oxygen atoms in total. The van der Waals surface area contributed by atoms with Gasteiger partial charge >= 0.3 is 0 Å². The van der Waals surface area contributed by atoms with Gasteiger partial charge in [-0.2, -0.15) is 0 Å². The summed E-state index contributed by atoms with van der Waals surface area (Å²) in [6.45, 7) is 1.78. The molecule has 1 atom stereocenters. The van der Waals surface area contributed by atoms with Crippen molar-refractivity contribution in [3.8, 4) is 0 Å². The summed E-state index contributed by atoms with van der Waals surface area (Å²) in [6, 6.07) is 16.7. The molecule has 3 rings (SSSR count). The molecule has 3 aromatic rings. The molecule has 0 aromatic heterocycles. The second-order valence-corrected chi connectivity index (χ2v) is 9.58. The van der Waals surface area contributed by atoms with E-state index in [0.29, 0.717) is 32.0 Å². The van der Waals surface area contributed by atoms with Crippen LogP contribution in [0.5, 0.6) is 0 Å². The number of halogens is 4. The van der Waals surface area contributed by atoms with Gasteiger partial charge in [-0.25, -0.2) is 0 Å². The minimum Gasteiger partial charge on any atom is -0.324 e. The molecule has 2 N–H and O–H groups in total. The first-order valence-corrected chi connectivity index (χ1v) is 11.4. The molecular weight excluding hydrogens is 498 g/mol. The van der Waals surface area contributed by atoms with E-state index >= 15 is 0 Å². The molecule has 9 heteroatoms. The maximum absolute atomic E-state index is 12.5. The molecule has 0 saturated heterocycles. The van der Waals surface area contributed by atoms with E-state index in [9.17, 15) is 9.59 Å². The molecule has 3 aromatic carbocycles. The van der Waals surface area contributed by atoms with Crippen LogP contribution >= 0.6 is 58.2 Å². The highest BCUT2D eigenvalue weighted by Gasteiger charge is 2.17. The molecular formula is C22H16Cl4N2O2S. The van der Waals surface area contributed by atoms with E-state index in [4.69, 9.17) is 46.4 Å². The zero-order chi connectivity index (χ0) is 22.5. The molecule has 0 fully saturated rings. The van der Waals surface area contributed by atoms with Crippen molar-refractivity contribution in [1.82, 2.24) is 0 Å². The third-order valence-electron chi connectivity index (χ3n) is 4.14. The van der Waals surface area contributed by atoms with E-state index in [2.05, 4.69) is 10.6 Å². The van der Waals surface area contributed by atoms with Crippen molar-refractivity contribution in [3.63, 3.8) is 0 Å². The first kappa shape index (κ1) is 23.8. The molecule has 160 valence electrons. The van der Waals surface area contributed by atoms with Gasteiger partial charge in [-0.1, -0.05) is 52.5 Å². The Bertz CT molecular complexity index is 1140. The molecule has 1 unspecified atom stereocenters. The topological polar surface area (TPSA) is 58.2 Å². The van der Waals surface area contributed by atoms with Gasteiger partial charge in [0.2, 0.25) is 5.91 Å². The standard InChI is InChI=1S/C22H16Cl4N2O2S/c1-12(21(29)28-20-8-6-14(24)10-19(20)26)31-16-4-2-3-15(11-16)27-22(30)17-7-5-13(23)9-18(17)25/h2-12H,1H3,(H,27,30)(H,28,29). The van der Waals surface area contributed by atoms with Crippen molar-refractivity contribution >= 4 is 81.4 Å². The number of carbonyl (C=O) groups excluding carboxylic acids is 2. The molecule has 0 aliphatic rings. The van der Waals surface area contributed by atoms with Gasteiger partial charge < -0.3 is 10.6 Å². The lowest BCUT2D eigenvalue weighted by Crippen LogP contribution is -2.22. The minimum absolute atomic E-state index is 0.211. The van der Waals surface area contributed by atoms with Crippen LogP contribution in [-0.4, -0.2) is 17.1 Å². The normalized spacial score (nSPS) is 11.6. The highest BCUT2D eigenvalue weighted by molar-refractivity contribution is 8.00. The van der Waals surface area contributed by atoms with Gasteiger partial charge in [-0.05, 0) is 61.5 Å². The van der Waals surface area contributed by atoms with Crippen LogP contribution in [0, 0.1) is 0 Å². The Hall–Kier alpha value is -1.89. The number of benzene rings is 3. The second kappa shape index (κ2) is 10.6. The van der Waals surface area contributed by atoms with Gasteiger partial charge in [0, 0.05) is 20.6 Å². The lowest BCUT2D eigenvalue weighted by molar-refractivity contribution is -0.115. The van der Waals surface area contributed by atoms with Crippen molar-refractivity contribution in [2.75, 3.05) is 10.6 Å². The zero-order valence-electron chi connectivity index (χ0n) is 16.1. The van der Waals surface area contributed by atoms with Crippen LogP contribution in [-0.2, 0) is 4.79 Å². The molecule has 0 radical (unpaired) electrons. The summed E-state index contributed by atoms with van der Waals surface area (Å²) >= 11 is 25.3. The first-order chi connectivity index (χ1) is 14.7. The number of nitrogens with one attached hydrogen (secondary N) is 2. The van der Waals surface area contributed by atoms with Gasteiger partial charge in [-0.3, -0.25) is 9.59 Å². The summed E-state index contributed by atoms with van der Waals surface area (Å²) in [7, 11) is 0. The maximum atomic E-state index is 12.5. The third-order valence-corrected chi connectivity index (χ3v) is 6.33. The predicted octanol–water partition coefficient (Wildman–Crippen LogP) is 7.67. The van der Waals surface area contributed by atoms with Gasteiger partial charge in [0.1, 0.15) is 0 Å². The van der Waals surface area contributed by atoms with Crippen molar-refractivity contribution < 1.29 is 9.59 Å². The fraction of sp³-hybridized carbons (Fsp3) is 0.0909. The van der Waals surface area contributed by atoms with E-state index in [1.807, 2.05) is 6.07 Å². The van der Waals surface area contributed by atoms with Crippen LogP contribution in [0.3, 0.4) is 0 Å². The van der Waals surface area contributed by atoms with Crippen molar-refractivity contribution in [1.29, 1.82) is 0 Å². The summed E-state index contributed by atoms with van der Waals surface area (Å²) in [5, 5.41) is 6.75. The van der Waals surface area contributed by atoms with E-state index in [-0.39, 0.29) is 16.8 Å². The van der Waals surface area contributed by atoms with Crippen LogP contribution < -0.4 is 10.6 Å². The van der Waals surface area contributed by atoms with Gasteiger partial charge in [0.15, 0.2) is 0 Å². The highest BCUT2D eigenvalue weighted by Crippen LogP contribution is 2.30. The summed E-state index contributed by atoms with van der Waals surface area (Å²) in [4.78, 5) is 25.9. The average Bonchev–Trinajstić information content (AvgIpc) is 2.70. The molecule has 0 spiro atoms. The monoisotopic (exact) mass is 512 g/mol. The van der Waals surface area contributed by atoms with E-state index in [0.717, 1.165) is 4.90 Å².